The molecule has 1 atom stereocenters. The average Bonchev–Trinajstić information content (AvgIpc) is 2.83. The number of aliphatic carboxylic acids is 2. The lowest BCUT2D eigenvalue weighted by atomic mass is 10.0. The van der Waals surface area contributed by atoms with Crippen LogP contribution in [-0.4, -0.2) is 51.5 Å². The second-order valence-corrected chi connectivity index (χ2v) is 8.22. The van der Waals surface area contributed by atoms with Crippen molar-refractivity contribution in [3.63, 3.8) is 0 Å². The fraction of sp³-hybridized carbons (Fsp3) is 0.333. The van der Waals surface area contributed by atoms with Crippen molar-refractivity contribution < 1.29 is 29.4 Å². The maximum absolute atomic E-state index is 12.8. The summed E-state index contributed by atoms with van der Waals surface area (Å²) in [6.07, 6.45) is 7.17. The molecule has 35 heavy (non-hydrogen) atoms. The van der Waals surface area contributed by atoms with E-state index >= 15 is 0 Å². The summed E-state index contributed by atoms with van der Waals surface area (Å²) in [6.45, 7) is 1.37. The van der Waals surface area contributed by atoms with Gasteiger partial charge in [-0.2, -0.15) is 0 Å². The van der Waals surface area contributed by atoms with Crippen molar-refractivity contribution in [2.45, 2.75) is 51.5 Å². The van der Waals surface area contributed by atoms with Gasteiger partial charge in [0.15, 0.2) is 0 Å². The number of rotatable bonds is 14. The smallest absolute Gasteiger partial charge is 0.326 e. The fourth-order valence-corrected chi connectivity index (χ4v) is 3.53. The predicted octanol–water partition coefficient (Wildman–Crippen LogP) is 4.22. The molecule has 8 nitrogen and oxygen atoms in total. The van der Waals surface area contributed by atoms with Gasteiger partial charge in [0.2, 0.25) is 11.8 Å². The van der Waals surface area contributed by atoms with E-state index in [2.05, 4.69) is 12.2 Å². The van der Waals surface area contributed by atoms with E-state index in [1.807, 2.05) is 0 Å². The zero-order chi connectivity index (χ0) is 25.6. The molecule has 1 unspecified atom stereocenters. The first kappa shape index (κ1) is 27.3. The van der Waals surface area contributed by atoms with Crippen LogP contribution in [0.5, 0.6) is 0 Å². The Bertz CT molecular complexity index is 1020. The van der Waals surface area contributed by atoms with Crippen molar-refractivity contribution in [3.8, 4) is 0 Å². The van der Waals surface area contributed by atoms with Crippen molar-refractivity contribution >= 4 is 35.5 Å². The first-order valence-corrected chi connectivity index (χ1v) is 11.7. The van der Waals surface area contributed by atoms with Crippen LogP contribution in [0.1, 0.15) is 50.2 Å². The largest absolute Gasteiger partial charge is 0.480 e. The molecule has 0 saturated carbocycles. The van der Waals surface area contributed by atoms with Crippen LogP contribution in [0, 0.1) is 0 Å². The van der Waals surface area contributed by atoms with Crippen LogP contribution in [0.2, 0.25) is 0 Å². The topological polar surface area (TPSA) is 124 Å². The normalized spacial score (nSPS) is 11.7. The number of amides is 2. The van der Waals surface area contributed by atoms with Crippen LogP contribution in [0.3, 0.4) is 0 Å². The predicted molar refractivity (Wildman–Crippen MR) is 134 cm³/mol. The second kappa shape index (κ2) is 14.3. The number of nitrogens with zero attached hydrogens (tertiary/aromatic N) is 1. The van der Waals surface area contributed by atoms with Gasteiger partial charge in [0.05, 0.1) is 0 Å². The molecular weight excluding hydrogens is 448 g/mol. The summed E-state index contributed by atoms with van der Waals surface area (Å²) in [6, 6.07) is 14.2. The molecule has 0 spiro atoms. The van der Waals surface area contributed by atoms with Crippen LogP contribution >= 0.6 is 0 Å². The third-order valence-electron chi connectivity index (χ3n) is 5.39. The number of unbranched alkanes of at least 4 members (excludes halogenated alkanes) is 3. The van der Waals surface area contributed by atoms with E-state index in [0.29, 0.717) is 23.2 Å². The fourth-order valence-electron chi connectivity index (χ4n) is 3.53. The van der Waals surface area contributed by atoms with Crippen LogP contribution < -0.4 is 5.32 Å². The number of hydrogen-bond donors (Lipinski definition) is 3. The number of benzene rings is 2. The van der Waals surface area contributed by atoms with E-state index in [0.717, 1.165) is 36.7 Å². The van der Waals surface area contributed by atoms with E-state index < -0.39 is 30.4 Å². The molecule has 186 valence electrons. The van der Waals surface area contributed by atoms with Gasteiger partial charge in [0.25, 0.3) is 0 Å². The summed E-state index contributed by atoms with van der Waals surface area (Å²) in [5.74, 6) is -3.37. The summed E-state index contributed by atoms with van der Waals surface area (Å²) in [5, 5.41) is 21.8. The minimum atomic E-state index is -1.33. The molecule has 0 saturated heterocycles. The Morgan fingerprint density at radius 2 is 1.63 bits per heavy atom. The zero-order valence-corrected chi connectivity index (χ0v) is 19.9. The van der Waals surface area contributed by atoms with Crippen molar-refractivity contribution in [2.75, 3.05) is 11.9 Å². The van der Waals surface area contributed by atoms with Crippen LogP contribution in [-0.2, 0) is 25.6 Å². The van der Waals surface area contributed by atoms with E-state index in [1.54, 1.807) is 54.6 Å². The Labute approximate surface area is 205 Å². The lowest BCUT2D eigenvalue weighted by molar-refractivity contribution is -0.152. The second-order valence-electron chi connectivity index (χ2n) is 8.22. The van der Waals surface area contributed by atoms with Gasteiger partial charge in [0, 0.05) is 24.6 Å². The molecule has 0 aliphatic rings. The zero-order valence-electron chi connectivity index (χ0n) is 19.9. The Hall–Kier alpha value is -3.94. The number of nitrogens with one attached hydrogen (secondary N) is 1. The van der Waals surface area contributed by atoms with Gasteiger partial charge in [-0.15, -0.1) is 0 Å². The summed E-state index contributed by atoms with van der Waals surface area (Å²) in [7, 11) is 0. The van der Waals surface area contributed by atoms with Gasteiger partial charge >= 0.3 is 11.9 Å². The first-order chi connectivity index (χ1) is 16.8. The van der Waals surface area contributed by atoms with Crippen molar-refractivity contribution in [1.82, 2.24) is 4.90 Å². The SMILES string of the molecule is CCCCCCC(=O)Nc1ccc(/C=C/C(=O)N(CC(=O)O)C(Cc2ccccc2)C(=O)O)cc1. The van der Waals surface area contributed by atoms with E-state index in [-0.39, 0.29) is 12.3 Å². The van der Waals surface area contributed by atoms with Gasteiger partial charge in [-0.3, -0.25) is 14.4 Å². The van der Waals surface area contributed by atoms with Crippen molar-refractivity contribution in [2.24, 2.45) is 0 Å². The molecule has 0 radical (unpaired) electrons. The molecule has 8 heteroatoms. The Balaban J connectivity index is 2.05. The molecule has 2 aromatic rings. The molecule has 0 bridgehead atoms. The molecule has 3 N–H and O–H groups in total. The van der Waals surface area contributed by atoms with Gasteiger partial charge < -0.3 is 20.4 Å². The van der Waals surface area contributed by atoms with Crippen LogP contribution in [0.25, 0.3) is 6.08 Å². The van der Waals surface area contributed by atoms with E-state index in [4.69, 9.17) is 0 Å². The Kier molecular flexibility index (Phi) is 11.2. The van der Waals surface area contributed by atoms with Crippen LogP contribution in [0.15, 0.2) is 60.7 Å². The highest BCUT2D eigenvalue weighted by molar-refractivity contribution is 5.96. The summed E-state index contributed by atoms with van der Waals surface area (Å²) >= 11 is 0. The average molecular weight is 481 g/mol. The molecule has 0 aromatic heterocycles. The number of hydrogen-bond acceptors (Lipinski definition) is 4. The van der Waals surface area contributed by atoms with Gasteiger partial charge in [-0.25, -0.2) is 4.79 Å². The Morgan fingerprint density at radius 1 is 0.943 bits per heavy atom. The molecule has 2 aromatic carbocycles. The minimum absolute atomic E-state index is 0.0180. The van der Waals surface area contributed by atoms with Gasteiger partial charge in [0.1, 0.15) is 12.6 Å². The van der Waals surface area contributed by atoms with Gasteiger partial charge in [-0.05, 0) is 35.8 Å². The molecule has 0 heterocycles. The molecule has 2 amide bonds. The van der Waals surface area contributed by atoms with Crippen molar-refractivity contribution in [3.05, 3.63) is 71.8 Å². The molecular formula is C27H32N2O6. The first-order valence-electron chi connectivity index (χ1n) is 11.7. The number of carbonyl (C=O) groups is 4. The number of carbonyl (C=O) groups excluding carboxylic acids is 2. The maximum atomic E-state index is 12.8. The number of carboxylic acids is 2. The van der Waals surface area contributed by atoms with E-state index in [9.17, 15) is 29.4 Å². The number of carboxylic acid groups (broad SMARTS) is 2. The lowest BCUT2D eigenvalue weighted by Crippen LogP contribution is -2.48. The highest BCUT2D eigenvalue weighted by Gasteiger charge is 2.30. The van der Waals surface area contributed by atoms with Crippen molar-refractivity contribution in [1.29, 1.82) is 0 Å². The van der Waals surface area contributed by atoms with Crippen LogP contribution in [0.4, 0.5) is 5.69 Å². The Morgan fingerprint density at radius 3 is 2.23 bits per heavy atom. The van der Waals surface area contributed by atoms with E-state index in [1.165, 1.54) is 6.08 Å². The minimum Gasteiger partial charge on any atom is -0.480 e. The monoisotopic (exact) mass is 480 g/mol. The third kappa shape index (κ3) is 9.83. The molecule has 0 aliphatic carbocycles. The third-order valence-corrected chi connectivity index (χ3v) is 5.39. The highest BCUT2D eigenvalue weighted by Crippen LogP contribution is 2.14. The standard InChI is InChI=1S/C27H32N2O6/c1-2-3-4-8-11-24(30)28-22-15-12-20(13-16-22)14-17-25(31)29(19-26(32)33)23(27(34)35)18-21-9-6-5-7-10-21/h5-7,9-10,12-17,23H,2-4,8,11,18-19H2,1H3,(H,28,30)(H,32,33)(H,34,35)/b17-14+. The molecule has 2 rings (SSSR count). The quantitative estimate of drug-likeness (QED) is 0.275. The number of anilines is 1. The molecule has 0 aliphatic heterocycles. The van der Waals surface area contributed by atoms with Gasteiger partial charge in [-0.1, -0.05) is 68.7 Å². The summed E-state index contributed by atoms with van der Waals surface area (Å²) in [5.41, 5.74) is 1.95. The summed E-state index contributed by atoms with van der Waals surface area (Å²) in [4.78, 5) is 48.9. The maximum Gasteiger partial charge on any atom is 0.326 e. The highest BCUT2D eigenvalue weighted by atomic mass is 16.4. The molecule has 0 fully saturated rings. The lowest BCUT2D eigenvalue weighted by Gasteiger charge is -2.26. The summed E-state index contributed by atoms with van der Waals surface area (Å²) < 4.78 is 0.